The van der Waals surface area contributed by atoms with Gasteiger partial charge in [-0.15, -0.1) is 0 Å². The van der Waals surface area contributed by atoms with Gasteiger partial charge in [0.25, 0.3) is 5.69 Å². The molecular weight excluding hydrogens is 256 g/mol. The van der Waals surface area contributed by atoms with Crippen molar-refractivity contribution in [2.75, 3.05) is 0 Å². The third-order valence-electron chi connectivity index (χ3n) is 3.02. The number of benzene rings is 1. The summed E-state index contributed by atoms with van der Waals surface area (Å²) >= 11 is 0. The topological polar surface area (TPSA) is 73.0 Å². The average Bonchev–Trinajstić information content (AvgIpc) is 2.87. The van der Waals surface area contributed by atoms with Gasteiger partial charge < -0.3 is 5.32 Å². The van der Waals surface area contributed by atoms with E-state index < -0.39 is 0 Å². The molecule has 1 aromatic heterocycles. The van der Waals surface area contributed by atoms with Crippen molar-refractivity contribution in [2.24, 2.45) is 0 Å². The summed E-state index contributed by atoms with van der Waals surface area (Å²) in [6.07, 6.45) is 2.86. The Morgan fingerprint density at radius 3 is 2.65 bits per heavy atom. The maximum Gasteiger partial charge on any atom is 0.269 e. The van der Waals surface area contributed by atoms with E-state index in [1.807, 2.05) is 10.7 Å². The molecule has 0 aliphatic carbocycles. The second-order valence-corrected chi connectivity index (χ2v) is 4.57. The van der Waals surface area contributed by atoms with Gasteiger partial charge in [-0.05, 0) is 18.1 Å². The second-order valence-electron chi connectivity index (χ2n) is 4.57. The van der Waals surface area contributed by atoms with E-state index in [0.717, 1.165) is 30.8 Å². The molecule has 0 saturated carbocycles. The molecule has 0 unspecified atom stereocenters. The number of aryl methyl sites for hydroxylation is 1. The van der Waals surface area contributed by atoms with Crippen molar-refractivity contribution in [3.05, 3.63) is 57.9 Å². The Balaban J connectivity index is 1.86. The van der Waals surface area contributed by atoms with Crippen LogP contribution in [0.4, 0.5) is 5.69 Å². The van der Waals surface area contributed by atoms with Crippen LogP contribution in [0.2, 0.25) is 0 Å². The normalized spacial score (nSPS) is 10.7. The van der Waals surface area contributed by atoms with Crippen LogP contribution < -0.4 is 5.32 Å². The Kier molecular flexibility index (Phi) is 4.84. The molecule has 0 aliphatic rings. The van der Waals surface area contributed by atoms with E-state index >= 15 is 0 Å². The summed E-state index contributed by atoms with van der Waals surface area (Å²) in [7, 11) is 0. The molecule has 6 nitrogen and oxygen atoms in total. The number of aromatic nitrogens is 2. The number of rotatable bonds is 7. The molecule has 0 saturated heterocycles. The van der Waals surface area contributed by atoms with E-state index in [9.17, 15) is 10.1 Å². The van der Waals surface area contributed by atoms with Gasteiger partial charge in [0.1, 0.15) is 0 Å². The lowest BCUT2D eigenvalue weighted by Crippen LogP contribution is -2.16. The summed E-state index contributed by atoms with van der Waals surface area (Å²) in [6.45, 7) is 4.45. The standard InChI is InChI=1S/C14H18N4O2/c1-2-9-17-14(7-8-16-17)11-15-10-12-3-5-13(6-4-12)18(19)20/h3-8,15H,2,9-11H2,1H3. The number of nitro benzene ring substituents is 1. The van der Waals surface area contributed by atoms with E-state index in [4.69, 9.17) is 0 Å². The molecule has 106 valence electrons. The maximum absolute atomic E-state index is 10.6. The van der Waals surface area contributed by atoms with Crippen LogP contribution in [0.1, 0.15) is 24.6 Å². The lowest BCUT2D eigenvalue weighted by atomic mass is 10.2. The van der Waals surface area contributed by atoms with Gasteiger partial charge in [0.2, 0.25) is 0 Å². The number of hydrogen-bond donors (Lipinski definition) is 1. The van der Waals surface area contributed by atoms with Crippen LogP contribution in [-0.2, 0) is 19.6 Å². The zero-order chi connectivity index (χ0) is 14.4. The van der Waals surface area contributed by atoms with E-state index in [0.29, 0.717) is 6.54 Å². The fourth-order valence-corrected chi connectivity index (χ4v) is 1.99. The Labute approximate surface area is 117 Å². The highest BCUT2D eigenvalue weighted by atomic mass is 16.6. The van der Waals surface area contributed by atoms with Gasteiger partial charge in [-0.3, -0.25) is 14.8 Å². The average molecular weight is 274 g/mol. The molecule has 2 aromatic rings. The zero-order valence-corrected chi connectivity index (χ0v) is 11.5. The van der Waals surface area contributed by atoms with E-state index in [-0.39, 0.29) is 10.6 Å². The number of nitrogens with zero attached hydrogens (tertiary/aromatic N) is 3. The molecule has 1 N–H and O–H groups in total. The van der Waals surface area contributed by atoms with Crippen LogP contribution in [0, 0.1) is 10.1 Å². The predicted molar refractivity (Wildman–Crippen MR) is 76.2 cm³/mol. The molecule has 1 heterocycles. The molecule has 0 radical (unpaired) electrons. The molecule has 1 aromatic carbocycles. The quantitative estimate of drug-likeness (QED) is 0.622. The van der Waals surface area contributed by atoms with Crippen LogP contribution in [0.15, 0.2) is 36.5 Å². The minimum atomic E-state index is -0.388. The molecule has 0 amide bonds. The maximum atomic E-state index is 10.6. The fourth-order valence-electron chi connectivity index (χ4n) is 1.99. The molecule has 0 atom stereocenters. The van der Waals surface area contributed by atoms with E-state index in [1.165, 1.54) is 12.1 Å². The summed E-state index contributed by atoms with van der Waals surface area (Å²) in [5.41, 5.74) is 2.29. The first-order valence-electron chi connectivity index (χ1n) is 6.65. The van der Waals surface area contributed by atoms with Gasteiger partial charge in [0, 0.05) is 38.0 Å². The van der Waals surface area contributed by atoms with Gasteiger partial charge >= 0.3 is 0 Å². The van der Waals surface area contributed by atoms with Gasteiger partial charge in [-0.25, -0.2) is 0 Å². The first-order valence-corrected chi connectivity index (χ1v) is 6.65. The Bertz CT molecular complexity index is 563. The van der Waals surface area contributed by atoms with Crippen molar-refractivity contribution in [3.63, 3.8) is 0 Å². The molecular formula is C14H18N4O2. The molecule has 20 heavy (non-hydrogen) atoms. The second kappa shape index (κ2) is 6.81. The highest BCUT2D eigenvalue weighted by molar-refractivity contribution is 5.32. The van der Waals surface area contributed by atoms with E-state index in [2.05, 4.69) is 17.3 Å². The van der Waals surface area contributed by atoms with Crippen molar-refractivity contribution in [1.29, 1.82) is 0 Å². The predicted octanol–water partition coefficient (Wildman–Crippen LogP) is 2.49. The molecule has 2 rings (SSSR count). The molecule has 0 bridgehead atoms. The van der Waals surface area contributed by atoms with Crippen LogP contribution in [0.5, 0.6) is 0 Å². The van der Waals surface area contributed by atoms with Gasteiger partial charge in [0.15, 0.2) is 0 Å². The Hall–Kier alpha value is -2.21. The smallest absolute Gasteiger partial charge is 0.269 e. The van der Waals surface area contributed by atoms with Crippen LogP contribution in [0.3, 0.4) is 0 Å². The van der Waals surface area contributed by atoms with E-state index in [1.54, 1.807) is 18.3 Å². The van der Waals surface area contributed by atoms with Crippen LogP contribution in [-0.4, -0.2) is 14.7 Å². The fraction of sp³-hybridized carbons (Fsp3) is 0.357. The number of nitrogens with one attached hydrogen (secondary N) is 1. The third kappa shape index (κ3) is 3.64. The highest BCUT2D eigenvalue weighted by Crippen LogP contribution is 2.11. The minimum absolute atomic E-state index is 0.120. The third-order valence-corrected chi connectivity index (χ3v) is 3.02. The van der Waals surface area contributed by atoms with Gasteiger partial charge in [-0.2, -0.15) is 5.10 Å². The minimum Gasteiger partial charge on any atom is -0.307 e. The monoisotopic (exact) mass is 274 g/mol. The number of non-ortho nitro benzene ring substituents is 1. The summed E-state index contributed by atoms with van der Waals surface area (Å²) in [5.74, 6) is 0. The van der Waals surface area contributed by atoms with Gasteiger partial charge in [0.05, 0.1) is 10.6 Å². The first kappa shape index (κ1) is 14.2. The van der Waals surface area contributed by atoms with Crippen molar-refractivity contribution < 1.29 is 4.92 Å². The van der Waals surface area contributed by atoms with Crippen molar-refractivity contribution in [2.45, 2.75) is 33.0 Å². The lowest BCUT2D eigenvalue weighted by molar-refractivity contribution is -0.384. The lowest BCUT2D eigenvalue weighted by Gasteiger charge is -2.07. The van der Waals surface area contributed by atoms with Crippen molar-refractivity contribution in [1.82, 2.24) is 15.1 Å². The molecule has 6 heteroatoms. The highest BCUT2D eigenvalue weighted by Gasteiger charge is 2.04. The summed E-state index contributed by atoms with van der Waals surface area (Å²) < 4.78 is 1.99. The summed E-state index contributed by atoms with van der Waals surface area (Å²) in [4.78, 5) is 10.2. The Morgan fingerprint density at radius 1 is 1.25 bits per heavy atom. The van der Waals surface area contributed by atoms with Crippen molar-refractivity contribution >= 4 is 5.69 Å². The summed E-state index contributed by atoms with van der Waals surface area (Å²) in [6, 6.07) is 8.60. The molecule has 0 aliphatic heterocycles. The Morgan fingerprint density at radius 2 is 2.00 bits per heavy atom. The molecule has 0 spiro atoms. The zero-order valence-electron chi connectivity index (χ0n) is 11.5. The molecule has 0 fully saturated rings. The number of nitro groups is 1. The summed E-state index contributed by atoms with van der Waals surface area (Å²) in [5, 5.41) is 18.1. The number of hydrogen-bond acceptors (Lipinski definition) is 4. The van der Waals surface area contributed by atoms with Crippen LogP contribution >= 0.6 is 0 Å². The van der Waals surface area contributed by atoms with Gasteiger partial charge in [-0.1, -0.05) is 19.1 Å². The first-order chi connectivity index (χ1) is 9.70. The van der Waals surface area contributed by atoms with Crippen molar-refractivity contribution in [3.8, 4) is 0 Å². The largest absolute Gasteiger partial charge is 0.307 e. The van der Waals surface area contributed by atoms with Crippen LogP contribution in [0.25, 0.3) is 0 Å². The SMILES string of the molecule is CCCn1nccc1CNCc1ccc([N+](=O)[O-])cc1.